The number of hydrogen-bond acceptors (Lipinski definition) is 4. The van der Waals surface area contributed by atoms with Gasteiger partial charge in [-0.1, -0.05) is 6.07 Å². The highest BCUT2D eigenvalue weighted by Crippen LogP contribution is 2.30. The van der Waals surface area contributed by atoms with Gasteiger partial charge in [0.15, 0.2) is 0 Å². The zero-order valence-electron chi connectivity index (χ0n) is 10.4. The third-order valence-corrected chi connectivity index (χ3v) is 4.51. The second-order valence-corrected chi connectivity index (χ2v) is 5.92. The summed E-state index contributed by atoms with van der Waals surface area (Å²) in [5.41, 5.74) is 2.09. The lowest BCUT2D eigenvalue weighted by Crippen LogP contribution is -2.21. The van der Waals surface area contributed by atoms with E-state index in [0.717, 1.165) is 34.1 Å². The van der Waals surface area contributed by atoms with Gasteiger partial charge in [0.1, 0.15) is 0 Å². The molecule has 0 spiro atoms. The number of nitrogens with zero attached hydrogens (tertiary/aromatic N) is 2. The van der Waals surface area contributed by atoms with Crippen molar-refractivity contribution in [2.24, 2.45) is 5.92 Å². The molecule has 1 unspecified atom stereocenters. The van der Waals surface area contributed by atoms with Crippen LogP contribution in [0.25, 0.3) is 0 Å². The fourth-order valence-corrected chi connectivity index (χ4v) is 3.58. The van der Waals surface area contributed by atoms with Gasteiger partial charge in [0.2, 0.25) is 0 Å². The second kappa shape index (κ2) is 5.09. The molecular weight excluding hydrogens is 260 g/mol. The molecule has 0 fully saturated rings. The van der Waals surface area contributed by atoms with E-state index in [9.17, 15) is 4.79 Å². The molecule has 2 aromatic rings. The molecule has 1 atom stereocenters. The van der Waals surface area contributed by atoms with Crippen LogP contribution in [0.1, 0.15) is 27.7 Å². The SMILES string of the molecule is O=C(O)C1CCc2nc(Cc3ccccn3)sc2C1. The first-order chi connectivity index (χ1) is 9.22. The Hall–Kier alpha value is -1.75. The monoisotopic (exact) mass is 274 g/mol. The molecule has 1 aliphatic carbocycles. The number of carboxylic acids is 1. The molecular formula is C14H14N2O2S. The summed E-state index contributed by atoms with van der Waals surface area (Å²) in [6.45, 7) is 0. The lowest BCUT2D eigenvalue weighted by molar-refractivity contribution is -0.142. The molecule has 19 heavy (non-hydrogen) atoms. The third kappa shape index (κ3) is 2.66. The summed E-state index contributed by atoms with van der Waals surface area (Å²) in [6.07, 6.45) is 4.63. The van der Waals surface area contributed by atoms with E-state index in [-0.39, 0.29) is 5.92 Å². The average Bonchev–Trinajstić information content (AvgIpc) is 2.80. The zero-order valence-corrected chi connectivity index (χ0v) is 11.2. The molecule has 3 rings (SSSR count). The minimum absolute atomic E-state index is 0.240. The summed E-state index contributed by atoms with van der Waals surface area (Å²) in [7, 11) is 0. The lowest BCUT2D eigenvalue weighted by atomic mass is 9.91. The van der Waals surface area contributed by atoms with Crippen molar-refractivity contribution in [3.63, 3.8) is 0 Å². The van der Waals surface area contributed by atoms with Gasteiger partial charge in [-0.05, 0) is 31.4 Å². The van der Waals surface area contributed by atoms with Crippen molar-refractivity contribution in [2.45, 2.75) is 25.7 Å². The van der Waals surface area contributed by atoms with Crippen LogP contribution in [-0.4, -0.2) is 21.0 Å². The number of carboxylic acid groups (broad SMARTS) is 1. The maximum Gasteiger partial charge on any atom is 0.306 e. The number of hydrogen-bond donors (Lipinski definition) is 1. The summed E-state index contributed by atoms with van der Waals surface area (Å²) >= 11 is 1.64. The van der Waals surface area contributed by atoms with E-state index in [2.05, 4.69) is 9.97 Å². The van der Waals surface area contributed by atoms with Crippen molar-refractivity contribution in [3.05, 3.63) is 45.7 Å². The number of fused-ring (bicyclic) bond motifs is 1. The Balaban J connectivity index is 1.78. The van der Waals surface area contributed by atoms with Gasteiger partial charge in [-0.25, -0.2) is 4.98 Å². The second-order valence-electron chi connectivity index (χ2n) is 4.75. The van der Waals surface area contributed by atoms with E-state index in [4.69, 9.17) is 5.11 Å². The van der Waals surface area contributed by atoms with Crippen LogP contribution in [0.5, 0.6) is 0 Å². The summed E-state index contributed by atoms with van der Waals surface area (Å²) < 4.78 is 0. The largest absolute Gasteiger partial charge is 0.481 e. The van der Waals surface area contributed by atoms with E-state index in [0.29, 0.717) is 12.8 Å². The normalized spacial score (nSPS) is 18.0. The predicted octanol–water partition coefficient (Wildman–Crippen LogP) is 2.32. The predicted molar refractivity (Wildman–Crippen MR) is 72.3 cm³/mol. The van der Waals surface area contributed by atoms with Crippen LogP contribution in [0.15, 0.2) is 24.4 Å². The molecule has 4 nitrogen and oxygen atoms in total. The first-order valence-corrected chi connectivity index (χ1v) is 7.14. The van der Waals surface area contributed by atoms with Gasteiger partial charge in [-0.3, -0.25) is 9.78 Å². The number of carbonyl (C=O) groups is 1. The molecule has 5 heteroatoms. The minimum atomic E-state index is -0.690. The van der Waals surface area contributed by atoms with Crippen LogP contribution >= 0.6 is 11.3 Å². The van der Waals surface area contributed by atoms with Gasteiger partial charge in [0.05, 0.1) is 16.6 Å². The van der Waals surface area contributed by atoms with Crippen LogP contribution in [0.4, 0.5) is 0 Å². The van der Waals surface area contributed by atoms with Gasteiger partial charge < -0.3 is 5.11 Å². The standard InChI is InChI=1S/C14H14N2O2S/c17-14(18)9-4-5-11-12(7-9)19-13(16-11)8-10-3-1-2-6-15-10/h1-3,6,9H,4-5,7-8H2,(H,17,18). The summed E-state index contributed by atoms with van der Waals surface area (Å²) in [5, 5.41) is 10.1. The van der Waals surface area contributed by atoms with Crippen molar-refractivity contribution >= 4 is 17.3 Å². The van der Waals surface area contributed by atoms with Crippen molar-refractivity contribution < 1.29 is 9.90 Å². The molecule has 2 aromatic heterocycles. The van der Waals surface area contributed by atoms with E-state index in [1.165, 1.54) is 0 Å². The molecule has 0 saturated heterocycles. The van der Waals surface area contributed by atoms with Crippen LogP contribution < -0.4 is 0 Å². The number of thiazole rings is 1. The first-order valence-electron chi connectivity index (χ1n) is 6.32. The third-order valence-electron chi connectivity index (χ3n) is 3.39. The number of pyridine rings is 1. The van der Waals surface area contributed by atoms with Gasteiger partial charge in [-0.15, -0.1) is 11.3 Å². The maximum atomic E-state index is 11.0. The van der Waals surface area contributed by atoms with Crippen molar-refractivity contribution in [2.75, 3.05) is 0 Å². The number of aliphatic carboxylic acids is 1. The summed E-state index contributed by atoms with van der Waals surface area (Å²) in [4.78, 5) is 21.1. The van der Waals surface area contributed by atoms with E-state index in [1.807, 2.05) is 18.2 Å². The van der Waals surface area contributed by atoms with Crippen LogP contribution in [0.2, 0.25) is 0 Å². The molecule has 0 aliphatic heterocycles. The maximum absolute atomic E-state index is 11.0. The van der Waals surface area contributed by atoms with Gasteiger partial charge in [0.25, 0.3) is 0 Å². The number of aromatic nitrogens is 2. The van der Waals surface area contributed by atoms with Crippen LogP contribution in [-0.2, 0) is 24.1 Å². The Labute approximate surface area is 115 Å². The fourth-order valence-electron chi connectivity index (χ4n) is 2.37. The topological polar surface area (TPSA) is 63.1 Å². The first kappa shape index (κ1) is 12.3. The van der Waals surface area contributed by atoms with Crippen molar-refractivity contribution in [1.82, 2.24) is 9.97 Å². The van der Waals surface area contributed by atoms with Gasteiger partial charge >= 0.3 is 5.97 Å². The van der Waals surface area contributed by atoms with Gasteiger partial charge in [-0.2, -0.15) is 0 Å². The van der Waals surface area contributed by atoms with Crippen molar-refractivity contribution in [1.29, 1.82) is 0 Å². The highest BCUT2D eigenvalue weighted by molar-refractivity contribution is 7.11. The smallest absolute Gasteiger partial charge is 0.306 e. The van der Waals surface area contributed by atoms with Crippen molar-refractivity contribution in [3.8, 4) is 0 Å². The van der Waals surface area contributed by atoms with E-state index >= 15 is 0 Å². The highest BCUT2D eigenvalue weighted by atomic mass is 32.1. The van der Waals surface area contributed by atoms with Crippen LogP contribution in [0.3, 0.4) is 0 Å². The molecule has 0 aromatic carbocycles. The molecule has 2 heterocycles. The Kier molecular flexibility index (Phi) is 3.29. The highest BCUT2D eigenvalue weighted by Gasteiger charge is 2.27. The molecule has 0 saturated carbocycles. The Bertz CT molecular complexity index is 595. The number of aryl methyl sites for hydroxylation is 1. The quantitative estimate of drug-likeness (QED) is 0.933. The fraction of sp³-hybridized carbons (Fsp3) is 0.357. The Morgan fingerprint density at radius 3 is 3.11 bits per heavy atom. The van der Waals surface area contributed by atoms with Gasteiger partial charge in [0, 0.05) is 23.2 Å². The van der Waals surface area contributed by atoms with Crippen LogP contribution in [0, 0.1) is 5.92 Å². The molecule has 1 aliphatic rings. The lowest BCUT2D eigenvalue weighted by Gasteiger charge is -2.16. The molecule has 98 valence electrons. The molecule has 0 radical (unpaired) electrons. The minimum Gasteiger partial charge on any atom is -0.481 e. The molecule has 1 N–H and O–H groups in total. The van der Waals surface area contributed by atoms with E-state index < -0.39 is 5.97 Å². The van der Waals surface area contributed by atoms with E-state index in [1.54, 1.807) is 17.5 Å². The zero-order chi connectivity index (χ0) is 13.2. The summed E-state index contributed by atoms with van der Waals surface area (Å²) in [6, 6.07) is 5.85. The number of rotatable bonds is 3. The average molecular weight is 274 g/mol. The Morgan fingerprint density at radius 1 is 1.47 bits per heavy atom. The molecule has 0 amide bonds. The molecule has 0 bridgehead atoms. The summed E-state index contributed by atoms with van der Waals surface area (Å²) in [5.74, 6) is -0.930. The Morgan fingerprint density at radius 2 is 2.37 bits per heavy atom.